The number of benzene rings is 1. The molecule has 3 nitrogen and oxygen atoms in total. The topological polar surface area (TPSA) is 47.3 Å². The Morgan fingerprint density at radius 2 is 2.11 bits per heavy atom. The Balaban J connectivity index is 2.02. The molecule has 1 heterocycles. The molecule has 1 atom stereocenters. The van der Waals surface area contributed by atoms with Gasteiger partial charge in [0.2, 0.25) is 0 Å². The number of nitrogens with two attached hydrogens (primary N) is 1. The van der Waals surface area contributed by atoms with Gasteiger partial charge in [0.15, 0.2) is 0 Å². The van der Waals surface area contributed by atoms with Gasteiger partial charge in [-0.15, -0.1) is 0 Å². The third-order valence-corrected chi connectivity index (χ3v) is 3.84. The van der Waals surface area contributed by atoms with Crippen LogP contribution in [0.3, 0.4) is 0 Å². The molecular formula is C15H24N2O. The SMILES string of the molecule is CCC(Oc1ccc(N)c(C)c1)C1CCNCC1. The third-order valence-electron chi connectivity index (χ3n) is 3.84. The molecule has 100 valence electrons. The van der Waals surface area contributed by atoms with Gasteiger partial charge in [0, 0.05) is 5.69 Å². The zero-order valence-electron chi connectivity index (χ0n) is 11.4. The van der Waals surface area contributed by atoms with Crippen molar-refractivity contribution in [2.45, 2.75) is 39.2 Å². The second-order valence-corrected chi connectivity index (χ2v) is 5.17. The van der Waals surface area contributed by atoms with Crippen molar-refractivity contribution < 1.29 is 4.74 Å². The van der Waals surface area contributed by atoms with Crippen LogP contribution in [-0.2, 0) is 0 Å². The summed E-state index contributed by atoms with van der Waals surface area (Å²) in [6, 6.07) is 5.95. The molecule has 0 bridgehead atoms. The maximum atomic E-state index is 6.16. The predicted octanol–water partition coefficient (Wildman–Crippen LogP) is 2.73. The summed E-state index contributed by atoms with van der Waals surface area (Å²) >= 11 is 0. The van der Waals surface area contributed by atoms with E-state index in [1.807, 2.05) is 25.1 Å². The van der Waals surface area contributed by atoms with Gasteiger partial charge in [-0.3, -0.25) is 0 Å². The molecular weight excluding hydrogens is 224 g/mol. The Hall–Kier alpha value is -1.22. The van der Waals surface area contributed by atoms with E-state index < -0.39 is 0 Å². The Bertz CT molecular complexity index is 386. The fourth-order valence-electron chi connectivity index (χ4n) is 2.63. The lowest BCUT2D eigenvalue weighted by molar-refractivity contribution is 0.108. The molecule has 18 heavy (non-hydrogen) atoms. The number of ether oxygens (including phenoxy) is 1. The molecule has 0 saturated carbocycles. The smallest absolute Gasteiger partial charge is 0.120 e. The first kappa shape index (κ1) is 13.2. The molecule has 1 saturated heterocycles. The first-order chi connectivity index (χ1) is 8.70. The Morgan fingerprint density at radius 3 is 2.72 bits per heavy atom. The maximum absolute atomic E-state index is 6.16. The molecule has 1 aromatic rings. The van der Waals surface area contributed by atoms with Gasteiger partial charge in [-0.05, 0) is 69.0 Å². The molecule has 0 aromatic heterocycles. The molecule has 1 aliphatic heterocycles. The van der Waals surface area contributed by atoms with Crippen LogP contribution in [0, 0.1) is 12.8 Å². The van der Waals surface area contributed by atoms with E-state index in [-0.39, 0.29) is 0 Å². The van der Waals surface area contributed by atoms with E-state index in [0.717, 1.165) is 36.5 Å². The lowest BCUT2D eigenvalue weighted by Gasteiger charge is -2.30. The van der Waals surface area contributed by atoms with Crippen LogP contribution in [0.2, 0.25) is 0 Å². The van der Waals surface area contributed by atoms with E-state index in [0.29, 0.717) is 12.0 Å². The molecule has 1 unspecified atom stereocenters. The second-order valence-electron chi connectivity index (χ2n) is 5.17. The van der Waals surface area contributed by atoms with E-state index in [4.69, 9.17) is 10.5 Å². The summed E-state index contributed by atoms with van der Waals surface area (Å²) in [6.45, 7) is 6.46. The van der Waals surface area contributed by atoms with E-state index in [1.54, 1.807) is 0 Å². The summed E-state index contributed by atoms with van der Waals surface area (Å²) in [6.07, 6.45) is 3.82. The van der Waals surface area contributed by atoms with E-state index >= 15 is 0 Å². The summed E-state index contributed by atoms with van der Waals surface area (Å²) in [5, 5.41) is 3.40. The van der Waals surface area contributed by atoms with Gasteiger partial charge in [0.05, 0.1) is 0 Å². The zero-order chi connectivity index (χ0) is 13.0. The highest BCUT2D eigenvalue weighted by Crippen LogP contribution is 2.26. The summed E-state index contributed by atoms with van der Waals surface area (Å²) in [5.41, 5.74) is 7.75. The largest absolute Gasteiger partial charge is 0.490 e. The molecule has 3 heteroatoms. The fourth-order valence-corrected chi connectivity index (χ4v) is 2.63. The number of anilines is 1. The lowest BCUT2D eigenvalue weighted by atomic mass is 9.90. The van der Waals surface area contributed by atoms with Crippen molar-refractivity contribution >= 4 is 5.69 Å². The van der Waals surface area contributed by atoms with Gasteiger partial charge in [0.25, 0.3) is 0 Å². The lowest BCUT2D eigenvalue weighted by Crippen LogP contribution is -2.36. The summed E-state index contributed by atoms with van der Waals surface area (Å²) in [7, 11) is 0. The molecule has 2 rings (SSSR count). The van der Waals surface area contributed by atoms with Gasteiger partial charge in [-0.1, -0.05) is 6.92 Å². The molecule has 0 spiro atoms. The van der Waals surface area contributed by atoms with E-state index in [1.165, 1.54) is 12.8 Å². The van der Waals surface area contributed by atoms with Crippen LogP contribution in [0.25, 0.3) is 0 Å². The van der Waals surface area contributed by atoms with Crippen molar-refractivity contribution in [2.75, 3.05) is 18.8 Å². The normalized spacial score (nSPS) is 18.6. The Labute approximate surface area is 110 Å². The van der Waals surface area contributed by atoms with Crippen LogP contribution >= 0.6 is 0 Å². The number of aryl methyl sites for hydroxylation is 1. The molecule has 1 fully saturated rings. The summed E-state index contributed by atoms with van der Waals surface area (Å²) in [5.74, 6) is 1.63. The van der Waals surface area contributed by atoms with Gasteiger partial charge in [0.1, 0.15) is 11.9 Å². The number of nitrogens with one attached hydrogen (secondary N) is 1. The number of piperidine rings is 1. The van der Waals surface area contributed by atoms with Crippen LogP contribution in [0.1, 0.15) is 31.7 Å². The van der Waals surface area contributed by atoms with Crippen LogP contribution in [0.15, 0.2) is 18.2 Å². The minimum absolute atomic E-state index is 0.329. The molecule has 0 amide bonds. The molecule has 0 radical (unpaired) electrons. The van der Waals surface area contributed by atoms with Crippen LogP contribution in [0.4, 0.5) is 5.69 Å². The van der Waals surface area contributed by atoms with Crippen LogP contribution in [-0.4, -0.2) is 19.2 Å². The molecule has 1 aromatic carbocycles. The van der Waals surface area contributed by atoms with E-state index in [2.05, 4.69) is 12.2 Å². The number of hydrogen-bond donors (Lipinski definition) is 2. The first-order valence-electron chi connectivity index (χ1n) is 6.94. The predicted molar refractivity (Wildman–Crippen MR) is 75.9 cm³/mol. The van der Waals surface area contributed by atoms with Gasteiger partial charge in [-0.2, -0.15) is 0 Å². The van der Waals surface area contributed by atoms with Crippen molar-refractivity contribution in [2.24, 2.45) is 5.92 Å². The van der Waals surface area contributed by atoms with Crippen molar-refractivity contribution in [1.82, 2.24) is 5.32 Å². The minimum atomic E-state index is 0.329. The highest BCUT2D eigenvalue weighted by Gasteiger charge is 2.23. The quantitative estimate of drug-likeness (QED) is 0.805. The average Bonchev–Trinajstić information content (AvgIpc) is 2.41. The molecule has 3 N–H and O–H groups in total. The third kappa shape index (κ3) is 3.16. The van der Waals surface area contributed by atoms with Gasteiger partial charge >= 0.3 is 0 Å². The monoisotopic (exact) mass is 248 g/mol. The maximum Gasteiger partial charge on any atom is 0.120 e. The van der Waals surface area contributed by atoms with Crippen LogP contribution in [0.5, 0.6) is 5.75 Å². The Kier molecular flexibility index (Phi) is 4.48. The highest BCUT2D eigenvalue weighted by molar-refractivity contribution is 5.49. The zero-order valence-corrected chi connectivity index (χ0v) is 11.4. The standard InChI is InChI=1S/C15H24N2O/c1-3-15(12-6-8-17-9-7-12)18-13-4-5-14(16)11(2)10-13/h4-5,10,12,15,17H,3,6-9,16H2,1-2H3. The van der Waals surface area contributed by atoms with Gasteiger partial charge in [-0.25, -0.2) is 0 Å². The summed E-state index contributed by atoms with van der Waals surface area (Å²) < 4.78 is 6.16. The number of hydrogen-bond acceptors (Lipinski definition) is 3. The second kappa shape index (κ2) is 6.10. The van der Waals surface area contributed by atoms with Crippen molar-refractivity contribution in [1.29, 1.82) is 0 Å². The highest BCUT2D eigenvalue weighted by atomic mass is 16.5. The number of rotatable bonds is 4. The first-order valence-corrected chi connectivity index (χ1v) is 6.94. The van der Waals surface area contributed by atoms with Crippen LogP contribution < -0.4 is 15.8 Å². The number of nitrogen functional groups attached to an aromatic ring is 1. The molecule has 1 aliphatic rings. The molecule has 0 aliphatic carbocycles. The van der Waals surface area contributed by atoms with E-state index in [9.17, 15) is 0 Å². The van der Waals surface area contributed by atoms with Crippen molar-refractivity contribution in [3.05, 3.63) is 23.8 Å². The minimum Gasteiger partial charge on any atom is -0.490 e. The van der Waals surface area contributed by atoms with Crippen molar-refractivity contribution in [3.63, 3.8) is 0 Å². The summed E-state index contributed by atoms with van der Waals surface area (Å²) in [4.78, 5) is 0. The fraction of sp³-hybridized carbons (Fsp3) is 0.600. The average molecular weight is 248 g/mol. The Morgan fingerprint density at radius 1 is 1.39 bits per heavy atom. The van der Waals surface area contributed by atoms with Crippen molar-refractivity contribution in [3.8, 4) is 5.75 Å². The van der Waals surface area contributed by atoms with Gasteiger partial charge < -0.3 is 15.8 Å².